The normalized spacial score (nSPS) is 14.4. The Morgan fingerprint density at radius 1 is 1.79 bits per heavy atom. The van der Waals surface area contributed by atoms with Crippen LogP contribution in [0.4, 0.5) is 5.82 Å². The largest absolute Gasteiger partial charge is 0.461 e. The van der Waals surface area contributed by atoms with Crippen molar-refractivity contribution in [2.24, 2.45) is 0 Å². The topological polar surface area (TPSA) is 56.2 Å². The van der Waals surface area contributed by atoms with E-state index < -0.39 is 0 Å². The summed E-state index contributed by atoms with van der Waals surface area (Å²) in [6.45, 7) is 3.97. The molecule has 0 spiro atoms. The quantitative estimate of drug-likeness (QED) is 0.711. The number of hydrogen-bond acceptors (Lipinski definition) is 4. The van der Waals surface area contributed by atoms with Crippen molar-refractivity contribution >= 4 is 11.8 Å². The van der Waals surface area contributed by atoms with Gasteiger partial charge < -0.3 is 10.1 Å². The van der Waals surface area contributed by atoms with Gasteiger partial charge in [0.1, 0.15) is 5.82 Å². The van der Waals surface area contributed by atoms with E-state index in [0.717, 1.165) is 25.3 Å². The molecule has 76 valence electrons. The molecule has 0 aliphatic carbocycles. The Labute approximate surface area is 82.0 Å². The van der Waals surface area contributed by atoms with Crippen molar-refractivity contribution in [2.75, 3.05) is 18.5 Å². The van der Waals surface area contributed by atoms with Crippen molar-refractivity contribution in [1.29, 1.82) is 0 Å². The molecule has 14 heavy (non-hydrogen) atoms. The summed E-state index contributed by atoms with van der Waals surface area (Å²) in [7, 11) is 0. The zero-order valence-electron chi connectivity index (χ0n) is 8.12. The minimum absolute atomic E-state index is 0.351. The Morgan fingerprint density at radius 2 is 2.64 bits per heavy atom. The number of aryl methyl sites for hydroxylation is 1. The second-order valence-corrected chi connectivity index (χ2v) is 3.14. The highest BCUT2D eigenvalue weighted by Crippen LogP contribution is 2.15. The molecule has 0 saturated heterocycles. The third kappa shape index (κ3) is 1.57. The van der Waals surface area contributed by atoms with Crippen LogP contribution in [-0.4, -0.2) is 28.9 Å². The number of fused-ring (bicyclic) bond motifs is 1. The van der Waals surface area contributed by atoms with Crippen molar-refractivity contribution in [3.8, 4) is 0 Å². The van der Waals surface area contributed by atoms with Gasteiger partial charge >= 0.3 is 5.97 Å². The fourth-order valence-electron chi connectivity index (χ4n) is 1.48. The average molecular weight is 195 g/mol. The molecule has 1 aliphatic rings. The van der Waals surface area contributed by atoms with Gasteiger partial charge in [0.25, 0.3) is 0 Å². The number of ether oxygens (including phenoxy) is 1. The number of carbonyl (C=O) groups is 1. The monoisotopic (exact) mass is 195 g/mol. The highest BCUT2D eigenvalue weighted by molar-refractivity contribution is 5.88. The van der Waals surface area contributed by atoms with E-state index in [4.69, 9.17) is 4.74 Å². The van der Waals surface area contributed by atoms with Gasteiger partial charge in [0, 0.05) is 19.2 Å². The van der Waals surface area contributed by atoms with Crippen molar-refractivity contribution in [3.05, 3.63) is 11.8 Å². The van der Waals surface area contributed by atoms with Gasteiger partial charge in [-0.25, -0.2) is 9.48 Å². The van der Waals surface area contributed by atoms with Gasteiger partial charge in [0.05, 0.1) is 6.61 Å². The summed E-state index contributed by atoms with van der Waals surface area (Å²) in [5.41, 5.74) is 0.385. The number of hydrogen-bond donors (Lipinski definition) is 1. The lowest BCUT2D eigenvalue weighted by atomic mass is 10.3. The maximum atomic E-state index is 11.3. The van der Waals surface area contributed by atoms with Crippen LogP contribution < -0.4 is 5.32 Å². The van der Waals surface area contributed by atoms with E-state index in [9.17, 15) is 4.79 Å². The minimum atomic E-state index is -0.351. The number of esters is 1. The number of nitrogens with one attached hydrogen (secondary N) is 1. The molecule has 0 amide bonds. The Morgan fingerprint density at radius 3 is 3.36 bits per heavy atom. The predicted molar refractivity (Wildman–Crippen MR) is 51.3 cm³/mol. The summed E-state index contributed by atoms with van der Waals surface area (Å²) < 4.78 is 6.66. The minimum Gasteiger partial charge on any atom is -0.461 e. The van der Waals surface area contributed by atoms with Crippen molar-refractivity contribution < 1.29 is 9.53 Å². The second-order valence-electron chi connectivity index (χ2n) is 3.14. The van der Waals surface area contributed by atoms with Crippen LogP contribution in [0, 0.1) is 0 Å². The van der Waals surface area contributed by atoms with Gasteiger partial charge in [0.15, 0.2) is 5.69 Å². The fourth-order valence-corrected chi connectivity index (χ4v) is 1.48. The third-order valence-corrected chi connectivity index (χ3v) is 2.12. The van der Waals surface area contributed by atoms with Gasteiger partial charge in [-0.15, -0.1) is 0 Å². The molecule has 0 atom stereocenters. The van der Waals surface area contributed by atoms with E-state index in [-0.39, 0.29) is 5.97 Å². The number of nitrogens with zero attached hydrogens (tertiary/aromatic N) is 2. The summed E-state index contributed by atoms with van der Waals surface area (Å²) in [4.78, 5) is 11.3. The van der Waals surface area contributed by atoms with Crippen LogP contribution in [0.1, 0.15) is 23.8 Å². The molecule has 0 radical (unpaired) electrons. The van der Waals surface area contributed by atoms with E-state index in [0.29, 0.717) is 12.3 Å². The molecule has 2 rings (SSSR count). The van der Waals surface area contributed by atoms with Crippen LogP contribution in [0.15, 0.2) is 6.07 Å². The van der Waals surface area contributed by atoms with Crippen LogP contribution in [0.2, 0.25) is 0 Å². The molecular weight excluding hydrogens is 182 g/mol. The Kier molecular flexibility index (Phi) is 2.39. The summed E-state index contributed by atoms with van der Waals surface area (Å²) in [5, 5.41) is 7.32. The molecule has 0 fully saturated rings. The molecule has 0 saturated carbocycles. The summed E-state index contributed by atoms with van der Waals surface area (Å²) in [5.74, 6) is 0.551. The van der Waals surface area contributed by atoms with E-state index in [1.807, 2.05) is 0 Å². The van der Waals surface area contributed by atoms with Crippen molar-refractivity contribution in [1.82, 2.24) is 9.78 Å². The molecule has 0 bridgehead atoms. The van der Waals surface area contributed by atoms with E-state index in [2.05, 4.69) is 10.4 Å². The fraction of sp³-hybridized carbons (Fsp3) is 0.556. The molecule has 1 aromatic rings. The summed E-state index contributed by atoms with van der Waals surface area (Å²) in [6.07, 6.45) is 1.04. The number of anilines is 1. The van der Waals surface area contributed by atoms with Gasteiger partial charge in [-0.1, -0.05) is 0 Å². The van der Waals surface area contributed by atoms with Crippen LogP contribution in [0.5, 0.6) is 0 Å². The maximum Gasteiger partial charge on any atom is 0.358 e. The summed E-state index contributed by atoms with van der Waals surface area (Å²) in [6, 6.07) is 1.73. The molecule has 5 heteroatoms. The SMILES string of the molecule is CCOC(=O)c1cc2n(n1)CCCN2. The van der Waals surface area contributed by atoms with Gasteiger partial charge in [0.2, 0.25) is 0 Å². The number of carbonyl (C=O) groups excluding carboxylic acids is 1. The Bertz CT molecular complexity index is 322. The molecular formula is C9H13N3O2. The van der Waals surface area contributed by atoms with Crippen molar-refractivity contribution in [2.45, 2.75) is 19.9 Å². The Balaban J connectivity index is 2.19. The first-order valence-corrected chi connectivity index (χ1v) is 4.80. The van der Waals surface area contributed by atoms with Gasteiger partial charge in [-0.2, -0.15) is 5.10 Å². The molecule has 1 N–H and O–H groups in total. The van der Waals surface area contributed by atoms with E-state index in [1.54, 1.807) is 17.7 Å². The lowest BCUT2D eigenvalue weighted by Gasteiger charge is -2.14. The van der Waals surface area contributed by atoms with Gasteiger partial charge in [-0.3, -0.25) is 0 Å². The predicted octanol–water partition coefficient (Wildman–Crippen LogP) is 0.875. The van der Waals surface area contributed by atoms with E-state index in [1.165, 1.54) is 0 Å². The molecule has 5 nitrogen and oxygen atoms in total. The Hall–Kier alpha value is -1.52. The van der Waals surface area contributed by atoms with Crippen molar-refractivity contribution in [3.63, 3.8) is 0 Å². The highest BCUT2D eigenvalue weighted by Gasteiger charge is 2.16. The first-order valence-electron chi connectivity index (χ1n) is 4.80. The lowest BCUT2D eigenvalue weighted by Crippen LogP contribution is -2.17. The zero-order chi connectivity index (χ0) is 9.97. The summed E-state index contributed by atoms with van der Waals surface area (Å²) >= 11 is 0. The molecule has 0 unspecified atom stereocenters. The number of rotatable bonds is 2. The lowest BCUT2D eigenvalue weighted by molar-refractivity contribution is 0.0518. The highest BCUT2D eigenvalue weighted by atomic mass is 16.5. The van der Waals surface area contributed by atoms with Crippen LogP contribution >= 0.6 is 0 Å². The smallest absolute Gasteiger partial charge is 0.358 e. The van der Waals surface area contributed by atoms with Crippen LogP contribution in [-0.2, 0) is 11.3 Å². The molecule has 1 aromatic heterocycles. The maximum absolute atomic E-state index is 11.3. The van der Waals surface area contributed by atoms with E-state index >= 15 is 0 Å². The average Bonchev–Trinajstić information content (AvgIpc) is 2.61. The first kappa shape index (κ1) is 9.05. The second kappa shape index (κ2) is 3.69. The van der Waals surface area contributed by atoms with Gasteiger partial charge in [-0.05, 0) is 13.3 Å². The molecule has 1 aliphatic heterocycles. The first-order chi connectivity index (χ1) is 6.81. The standard InChI is InChI=1S/C9H13N3O2/c1-2-14-9(13)7-6-8-10-4-3-5-12(8)11-7/h6,10H,2-5H2,1H3. The number of aromatic nitrogens is 2. The molecule has 2 heterocycles. The third-order valence-electron chi connectivity index (χ3n) is 2.12. The zero-order valence-corrected chi connectivity index (χ0v) is 8.12. The van der Waals surface area contributed by atoms with Crippen LogP contribution in [0.25, 0.3) is 0 Å². The van der Waals surface area contributed by atoms with Crippen LogP contribution in [0.3, 0.4) is 0 Å². The molecule has 0 aromatic carbocycles.